The molecular formula is C40H51N3O2S. The highest BCUT2D eigenvalue weighted by atomic mass is 32.1. The van der Waals surface area contributed by atoms with E-state index in [1.54, 1.807) is 7.11 Å². The minimum Gasteiger partial charge on any atom is -0.475 e. The molecule has 0 aromatic heterocycles. The number of ether oxygens (including phenoxy) is 2. The summed E-state index contributed by atoms with van der Waals surface area (Å²) in [7, 11) is 1.76. The molecule has 3 aromatic carbocycles. The number of allylic oxidation sites excluding steroid dienone is 2. The van der Waals surface area contributed by atoms with Gasteiger partial charge >= 0.3 is 0 Å². The monoisotopic (exact) mass is 637 g/mol. The van der Waals surface area contributed by atoms with E-state index in [1.807, 2.05) is 0 Å². The van der Waals surface area contributed by atoms with E-state index in [2.05, 4.69) is 116 Å². The average molecular weight is 638 g/mol. The van der Waals surface area contributed by atoms with E-state index in [4.69, 9.17) is 27.4 Å². The van der Waals surface area contributed by atoms with E-state index in [1.165, 1.54) is 27.8 Å². The maximum absolute atomic E-state index is 6.94. The smallest absolute Gasteiger partial charge is 0.190 e. The fraction of sp³-hybridized carbons (Fsp3) is 0.425. The third-order valence-corrected chi connectivity index (χ3v) is 9.98. The lowest BCUT2D eigenvalue weighted by molar-refractivity contribution is 0.0868. The third-order valence-electron chi connectivity index (χ3n) is 9.67. The molecule has 2 heterocycles. The molecule has 0 radical (unpaired) electrons. The second-order valence-electron chi connectivity index (χ2n) is 13.2. The van der Waals surface area contributed by atoms with Crippen LogP contribution in [0.4, 0.5) is 0 Å². The second kappa shape index (κ2) is 16.0. The van der Waals surface area contributed by atoms with E-state index >= 15 is 0 Å². The number of unbranched alkanes of at least 4 members (excludes halogenated alkanes) is 1. The SMILES string of the molecule is COCC1=C(C)NC(CCCCN)=C(C(=S)OC2(C)CCN(CCC(c3ccccc3)c3ccccc3)C2)C1c1ccccc1C. The Labute approximate surface area is 281 Å². The molecule has 0 bridgehead atoms. The Balaban J connectivity index is 1.36. The Morgan fingerprint density at radius 2 is 1.63 bits per heavy atom. The van der Waals surface area contributed by atoms with Crippen molar-refractivity contribution in [3.8, 4) is 0 Å². The number of thiocarbonyl (C=S) groups is 1. The summed E-state index contributed by atoms with van der Waals surface area (Å²) in [6, 6.07) is 30.4. The number of methoxy groups -OCH3 is 1. The molecule has 2 unspecified atom stereocenters. The minimum absolute atomic E-state index is 0.0265. The molecule has 3 N–H and O–H groups in total. The van der Waals surface area contributed by atoms with Crippen molar-refractivity contribution >= 4 is 17.3 Å². The molecular weight excluding hydrogens is 587 g/mol. The van der Waals surface area contributed by atoms with Crippen molar-refractivity contribution in [2.75, 3.05) is 39.9 Å². The van der Waals surface area contributed by atoms with Gasteiger partial charge in [0.1, 0.15) is 5.60 Å². The van der Waals surface area contributed by atoms with Gasteiger partial charge in [0.2, 0.25) is 0 Å². The molecule has 0 aliphatic carbocycles. The first-order valence-electron chi connectivity index (χ1n) is 16.8. The molecule has 5 nitrogen and oxygen atoms in total. The molecule has 2 aliphatic heterocycles. The Hall–Kier alpha value is -3.29. The first-order valence-corrected chi connectivity index (χ1v) is 17.2. The standard InChI is InChI=1S/C40H51N3O2S/c1-29-15-11-12-20-33(29)37-35(27-44-4)30(2)42-36(21-13-14-24-41)38(37)39(46)45-40(3)23-26-43(28-40)25-22-34(31-16-7-5-8-17-31)32-18-9-6-10-19-32/h5-12,15-20,34,37,42H,13-14,21-28,41H2,1-4H3. The van der Waals surface area contributed by atoms with Crippen LogP contribution in [-0.4, -0.2) is 55.4 Å². The Bertz CT molecular complexity index is 1480. The van der Waals surface area contributed by atoms with Crippen molar-refractivity contribution in [3.05, 3.63) is 130 Å². The maximum atomic E-state index is 6.94. The summed E-state index contributed by atoms with van der Waals surface area (Å²) in [6.45, 7) is 10.6. The van der Waals surface area contributed by atoms with E-state index in [0.717, 1.165) is 68.7 Å². The van der Waals surface area contributed by atoms with Gasteiger partial charge in [-0.05, 0) is 99.6 Å². The quantitative estimate of drug-likeness (QED) is 0.138. The van der Waals surface area contributed by atoms with Crippen LogP contribution in [-0.2, 0) is 9.47 Å². The van der Waals surface area contributed by atoms with Crippen molar-refractivity contribution in [2.24, 2.45) is 5.73 Å². The summed E-state index contributed by atoms with van der Waals surface area (Å²) < 4.78 is 12.7. The zero-order valence-electron chi connectivity index (χ0n) is 28.1. The van der Waals surface area contributed by atoms with Gasteiger partial charge < -0.3 is 20.5 Å². The number of likely N-dealkylation sites (tertiary alicyclic amines) is 1. The normalized spacial score (nSPS) is 20.3. The van der Waals surface area contributed by atoms with E-state index in [0.29, 0.717) is 24.1 Å². The lowest BCUT2D eigenvalue weighted by atomic mass is 9.78. The molecule has 0 spiro atoms. The summed E-state index contributed by atoms with van der Waals surface area (Å²) in [5.74, 6) is 0.330. The van der Waals surface area contributed by atoms with Gasteiger partial charge in [0, 0.05) is 55.4 Å². The fourth-order valence-electron chi connectivity index (χ4n) is 7.21. The van der Waals surface area contributed by atoms with Crippen molar-refractivity contribution in [1.29, 1.82) is 0 Å². The van der Waals surface area contributed by atoms with Gasteiger partial charge in [-0.25, -0.2) is 0 Å². The Morgan fingerprint density at radius 1 is 0.978 bits per heavy atom. The molecule has 3 aromatic rings. The first-order chi connectivity index (χ1) is 22.3. The van der Waals surface area contributed by atoms with Crippen LogP contribution in [0.15, 0.2) is 107 Å². The maximum Gasteiger partial charge on any atom is 0.190 e. The summed E-state index contributed by atoms with van der Waals surface area (Å²) >= 11 is 6.28. The summed E-state index contributed by atoms with van der Waals surface area (Å²) in [5.41, 5.74) is 15.3. The number of hydrogen-bond acceptors (Lipinski definition) is 6. The second-order valence-corrected chi connectivity index (χ2v) is 13.5. The topological polar surface area (TPSA) is 59.8 Å². The van der Waals surface area contributed by atoms with Crippen molar-refractivity contribution < 1.29 is 9.47 Å². The lowest BCUT2D eigenvalue weighted by Crippen LogP contribution is -2.38. The van der Waals surface area contributed by atoms with Crippen LogP contribution in [0, 0.1) is 6.92 Å². The van der Waals surface area contributed by atoms with E-state index in [-0.39, 0.29) is 11.5 Å². The molecule has 2 atom stereocenters. The molecule has 5 rings (SSSR count). The average Bonchev–Trinajstić information content (AvgIpc) is 3.43. The lowest BCUT2D eigenvalue weighted by Gasteiger charge is -2.36. The fourth-order valence-corrected chi connectivity index (χ4v) is 7.65. The highest BCUT2D eigenvalue weighted by molar-refractivity contribution is 7.80. The molecule has 1 saturated heterocycles. The molecule has 2 aliphatic rings. The van der Waals surface area contributed by atoms with Gasteiger partial charge in [0.25, 0.3) is 0 Å². The zero-order chi connectivity index (χ0) is 32.5. The predicted molar refractivity (Wildman–Crippen MR) is 194 cm³/mol. The van der Waals surface area contributed by atoms with Crippen LogP contribution in [0.25, 0.3) is 0 Å². The molecule has 6 heteroatoms. The van der Waals surface area contributed by atoms with Crippen molar-refractivity contribution in [1.82, 2.24) is 10.2 Å². The van der Waals surface area contributed by atoms with Crippen LogP contribution in [0.1, 0.15) is 80.0 Å². The van der Waals surface area contributed by atoms with Gasteiger partial charge in [-0.15, -0.1) is 0 Å². The largest absolute Gasteiger partial charge is 0.475 e. The minimum atomic E-state index is -0.366. The van der Waals surface area contributed by atoms with Crippen LogP contribution in [0.3, 0.4) is 0 Å². The molecule has 46 heavy (non-hydrogen) atoms. The predicted octanol–water partition coefficient (Wildman–Crippen LogP) is 8.02. The number of nitrogens with zero attached hydrogens (tertiary/aromatic N) is 1. The van der Waals surface area contributed by atoms with Gasteiger partial charge in [-0.1, -0.05) is 84.9 Å². The highest BCUT2D eigenvalue weighted by Gasteiger charge is 2.40. The number of nitrogens with two attached hydrogens (primary N) is 1. The summed E-state index contributed by atoms with van der Waals surface area (Å²) in [5, 5.41) is 4.33. The van der Waals surface area contributed by atoms with Gasteiger partial charge in [-0.3, -0.25) is 4.90 Å². The summed E-state index contributed by atoms with van der Waals surface area (Å²) in [6.07, 6.45) is 4.82. The number of nitrogens with one attached hydrogen (secondary N) is 1. The number of benzene rings is 3. The number of rotatable bonds is 14. The number of hydrogen-bond donors (Lipinski definition) is 2. The summed E-state index contributed by atoms with van der Waals surface area (Å²) in [4.78, 5) is 2.55. The first kappa shape index (κ1) is 34.1. The van der Waals surface area contributed by atoms with Crippen LogP contribution < -0.4 is 11.1 Å². The van der Waals surface area contributed by atoms with Gasteiger partial charge in [0.05, 0.1) is 6.61 Å². The number of dihydropyridines is 1. The molecule has 0 saturated carbocycles. The van der Waals surface area contributed by atoms with Crippen LogP contribution >= 0.6 is 12.2 Å². The number of aryl methyl sites for hydroxylation is 1. The Morgan fingerprint density at radius 3 is 2.26 bits per heavy atom. The van der Waals surface area contributed by atoms with Crippen LogP contribution in [0.2, 0.25) is 0 Å². The van der Waals surface area contributed by atoms with Crippen molar-refractivity contribution in [3.63, 3.8) is 0 Å². The van der Waals surface area contributed by atoms with Crippen LogP contribution in [0.5, 0.6) is 0 Å². The van der Waals surface area contributed by atoms with E-state index < -0.39 is 0 Å². The Kier molecular flexibility index (Phi) is 11.9. The van der Waals surface area contributed by atoms with Gasteiger partial charge in [0.15, 0.2) is 5.05 Å². The highest BCUT2D eigenvalue weighted by Crippen LogP contribution is 2.42. The molecule has 0 amide bonds. The third kappa shape index (κ3) is 8.16. The zero-order valence-corrected chi connectivity index (χ0v) is 28.9. The molecule has 244 valence electrons. The van der Waals surface area contributed by atoms with E-state index in [9.17, 15) is 0 Å². The van der Waals surface area contributed by atoms with Gasteiger partial charge in [-0.2, -0.15) is 0 Å². The molecule has 1 fully saturated rings. The van der Waals surface area contributed by atoms with Crippen molar-refractivity contribution in [2.45, 2.75) is 70.3 Å².